The SMILES string of the molecule is CC.CCCCCOC(=O)NC. The van der Waals surface area contributed by atoms with Gasteiger partial charge in [-0.3, -0.25) is 0 Å². The van der Waals surface area contributed by atoms with E-state index in [0.717, 1.165) is 19.3 Å². The largest absolute Gasteiger partial charge is 0.450 e. The van der Waals surface area contributed by atoms with Crippen molar-refractivity contribution in [2.24, 2.45) is 0 Å². The number of unbranched alkanes of at least 4 members (excludes halogenated alkanes) is 2. The molecule has 74 valence electrons. The Kier molecular flexibility index (Phi) is 14.9. The van der Waals surface area contributed by atoms with Gasteiger partial charge in [0.05, 0.1) is 6.61 Å². The third-order valence-corrected chi connectivity index (χ3v) is 1.19. The molecule has 1 amide bonds. The molecule has 0 aromatic rings. The highest BCUT2D eigenvalue weighted by Gasteiger charge is 1.94. The molecule has 1 N–H and O–H groups in total. The molecule has 0 aliphatic rings. The van der Waals surface area contributed by atoms with Gasteiger partial charge in [0.15, 0.2) is 0 Å². The molecule has 0 bridgehead atoms. The summed E-state index contributed by atoms with van der Waals surface area (Å²) >= 11 is 0. The fraction of sp³-hybridized carbons (Fsp3) is 0.889. The summed E-state index contributed by atoms with van der Waals surface area (Å²) in [7, 11) is 1.56. The lowest BCUT2D eigenvalue weighted by Gasteiger charge is -2.01. The Morgan fingerprint density at radius 1 is 1.33 bits per heavy atom. The van der Waals surface area contributed by atoms with Crippen molar-refractivity contribution in [3.8, 4) is 0 Å². The minimum absolute atomic E-state index is 0.337. The van der Waals surface area contributed by atoms with Crippen molar-refractivity contribution < 1.29 is 9.53 Å². The monoisotopic (exact) mass is 175 g/mol. The van der Waals surface area contributed by atoms with Gasteiger partial charge < -0.3 is 10.1 Å². The predicted molar refractivity (Wildman–Crippen MR) is 51.3 cm³/mol. The summed E-state index contributed by atoms with van der Waals surface area (Å²) in [6.45, 7) is 6.65. The number of nitrogens with one attached hydrogen (secondary N) is 1. The van der Waals surface area contributed by atoms with E-state index in [2.05, 4.69) is 12.2 Å². The molecule has 0 atom stereocenters. The lowest BCUT2D eigenvalue weighted by Crippen LogP contribution is -2.19. The maximum atomic E-state index is 10.4. The molecular formula is C9H21NO2. The molecule has 0 aromatic heterocycles. The van der Waals surface area contributed by atoms with Crippen LogP contribution in [0.2, 0.25) is 0 Å². The summed E-state index contributed by atoms with van der Waals surface area (Å²) in [6.07, 6.45) is 2.90. The molecule has 0 saturated carbocycles. The zero-order chi connectivity index (χ0) is 9.82. The lowest BCUT2D eigenvalue weighted by molar-refractivity contribution is 0.146. The second-order valence-electron chi connectivity index (χ2n) is 2.09. The summed E-state index contributed by atoms with van der Waals surface area (Å²) in [6, 6.07) is 0. The molecule has 0 saturated heterocycles. The average Bonchev–Trinajstić information content (AvgIpc) is 2.15. The zero-order valence-electron chi connectivity index (χ0n) is 8.64. The van der Waals surface area contributed by atoms with Crippen molar-refractivity contribution in [2.75, 3.05) is 13.7 Å². The molecule has 0 unspecified atom stereocenters. The Balaban J connectivity index is 0. The first-order chi connectivity index (χ1) is 5.81. The van der Waals surface area contributed by atoms with Gasteiger partial charge in [-0.05, 0) is 6.42 Å². The van der Waals surface area contributed by atoms with E-state index in [-0.39, 0.29) is 6.09 Å². The van der Waals surface area contributed by atoms with Gasteiger partial charge in [0.1, 0.15) is 0 Å². The second-order valence-corrected chi connectivity index (χ2v) is 2.09. The van der Waals surface area contributed by atoms with Crippen molar-refractivity contribution in [1.82, 2.24) is 5.32 Å². The number of amides is 1. The van der Waals surface area contributed by atoms with Crippen LogP contribution >= 0.6 is 0 Å². The van der Waals surface area contributed by atoms with E-state index < -0.39 is 0 Å². The number of carbonyl (C=O) groups is 1. The van der Waals surface area contributed by atoms with Crippen LogP contribution in [-0.4, -0.2) is 19.7 Å². The van der Waals surface area contributed by atoms with Crippen molar-refractivity contribution in [2.45, 2.75) is 40.0 Å². The van der Waals surface area contributed by atoms with Crippen LogP contribution in [0.4, 0.5) is 4.79 Å². The normalized spacial score (nSPS) is 8.00. The fourth-order valence-corrected chi connectivity index (χ4v) is 0.589. The number of hydrogen-bond acceptors (Lipinski definition) is 2. The molecule has 0 aliphatic carbocycles. The average molecular weight is 175 g/mol. The second kappa shape index (κ2) is 12.9. The molecule has 0 aromatic carbocycles. The Morgan fingerprint density at radius 3 is 2.33 bits per heavy atom. The van der Waals surface area contributed by atoms with Gasteiger partial charge in [-0.15, -0.1) is 0 Å². The Morgan fingerprint density at radius 2 is 1.92 bits per heavy atom. The maximum absolute atomic E-state index is 10.4. The highest BCUT2D eigenvalue weighted by Crippen LogP contribution is 1.93. The van der Waals surface area contributed by atoms with Gasteiger partial charge in [0.2, 0.25) is 0 Å². The number of ether oxygens (including phenoxy) is 1. The van der Waals surface area contributed by atoms with Crippen LogP contribution in [0.15, 0.2) is 0 Å². The van der Waals surface area contributed by atoms with E-state index in [1.54, 1.807) is 7.05 Å². The fourth-order valence-electron chi connectivity index (χ4n) is 0.589. The third-order valence-electron chi connectivity index (χ3n) is 1.19. The molecule has 3 nitrogen and oxygen atoms in total. The Hall–Kier alpha value is -0.730. The van der Waals surface area contributed by atoms with Crippen LogP contribution < -0.4 is 5.32 Å². The van der Waals surface area contributed by atoms with E-state index in [1.165, 1.54) is 0 Å². The van der Waals surface area contributed by atoms with Crippen molar-refractivity contribution >= 4 is 6.09 Å². The van der Waals surface area contributed by atoms with E-state index in [4.69, 9.17) is 4.74 Å². The smallest absolute Gasteiger partial charge is 0.406 e. The van der Waals surface area contributed by atoms with Gasteiger partial charge in [0.25, 0.3) is 0 Å². The molecule has 12 heavy (non-hydrogen) atoms. The first-order valence-electron chi connectivity index (χ1n) is 4.65. The third kappa shape index (κ3) is 12.0. The summed E-state index contributed by atoms with van der Waals surface area (Å²) in [5.41, 5.74) is 0. The maximum Gasteiger partial charge on any atom is 0.406 e. The van der Waals surface area contributed by atoms with Crippen LogP contribution in [0.25, 0.3) is 0 Å². The van der Waals surface area contributed by atoms with Crippen LogP contribution in [-0.2, 0) is 4.74 Å². The summed E-state index contributed by atoms with van der Waals surface area (Å²) < 4.78 is 4.74. The minimum Gasteiger partial charge on any atom is -0.450 e. The van der Waals surface area contributed by atoms with Crippen molar-refractivity contribution in [3.05, 3.63) is 0 Å². The number of rotatable bonds is 4. The number of carbonyl (C=O) groups excluding carboxylic acids is 1. The molecule has 0 radical (unpaired) electrons. The highest BCUT2D eigenvalue weighted by molar-refractivity contribution is 5.66. The van der Waals surface area contributed by atoms with E-state index in [0.29, 0.717) is 6.61 Å². The van der Waals surface area contributed by atoms with Crippen LogP contribution in [0.3, 0.4) is 0 Å². The molecule has 0 heterocycles. The summed E-state index contributed by atoms with van der Waals surface area (Å²) in [5, 5.41) is 2.38. The first-order valence-corrected chi connectivity index (χ1v) is 4.65. The molecule has 0 rings (SSSR count). The highest BCUT2D eigenvalue weighted by atomic mass is 16.5. The minimum atomic E-state index is -0.337. The Labute approximate surface area is 75.5 Å². The van der Waals surface area contributed by atoms with E-state index in [1.807, 2.05) is 13.8 Å². The van der Waals surface area contributed by atoms with Gasteiger partial charge in [0, 0.05) is 7.05 Å². The van der Waals surface area contributed by atoms with Crippen molar-refractivity contribution in [1.29, 1.82) is 0 Å². The van der Waals surface area contributed by atoms with Gasteiger partial charge in [-0.2, -0.15) is 0 Å². The summed E-state index contributed by atoms with van der Waals surface area (Å²) in [5.74, 6) is 0. The van der Waals surface area contributed by atoms with Crippen LogP contribution in [0, 0.1) is 0 Å². The standard InChI is InChI=1S/C7H15NO2.C2H6/c1-3-4-5-6-10-7(9)8-2;1-2/h3-6H2,1-2H3,(H,8,9);1-2H3. The van der Waals surface area contributed by atoms with E-state index >= 15 is 0 Å². The zero-order valence-corrected chi connectivity index (χ0v) is 8.64. The topological polar surface area (TPSA) is 38.3 Å². The molecule has 3 heteroatoms. The van der Waals surface area contributed by atoms with Gasteiger partial charge >= 0.3 is 6.09 Å². The Bertz CT molecular complexity index is 94.5. The predicted octanol–water partition coefficient (Wildman–Crippen LogP) is 2.56. The van der Waals surface area contributed by atoms with E-state index in [9.17, 15) is 4.79 Å². The molecule has 0 spiro atoms. The first kappa shape index (κ1) is 13.8. The molecule has 0 fully saturated rings. The van der Waals surface area contributed by atoms with Crippen molar-refractivity contribution in [3.63, 3.8) is 0 Å². The number of hydrogen-bond donors (Lipinski definition) is 1. The number of alkyl carbamates (subject to hydrolysis) is 1. The lowest BCUT2D eigenvalue weighted by atomic mass is 10.3. The quantitative estimate of drug-likeness (QED) is 0.667. The molecular weight excluding hydrogens is 154 g/mol. The van der Waals surface area contributed by atoms with Crippen LogP contribution in [0.1, 0.15) is 40.0 Å². The van der Waals surface area contributed by atoms with Gasteiger partial charge in [-0.1, -0.05) is 33.6 Å². The van der Waals surface area contributed by atoms with Gasteiger partial charge in [-0.25, -0.2) is 4.79 Å². The summed E-state index contributed by atoms with van der Waals surface area (Å²) in [4.78, 5) is 10.4. The molecule has 0 aliphatic heterocycles. The van der Waals surface area contributed by atoms with Crippen LogP contribution in [0.5, 0.6) is 0 Å².